The summed E-state index contributed by atoms with van der Waals surface area (Å²) in [5.74, 6) is 1.39. The molecule has 158 valence electrons. The third-order valence-corrected chi connectivity index (χ3v) is 7.47. The van der Waals surface area contributed by atoms with Crippen molar-refractivity contribution in [1.29, 1.82) is 0 Å². The molecule has 2 heterocycles. The highest BCUT2D eigenvalue weighted by molar-refractivity contribution is 7.99. The van der Waals surface area contributed by atoms with E-state index >= 15 is 0 Å². The average molecular weight is 436 g/mol. The first-order valence-electron chi connectivity index (χ1n) is 10.2. The molecule has 2 N–H and O–H groups in total. The van der Waals surface area contributed by atoms with E-state index in [1.165, 1.54) is 35.0 Å². The number of imide groups is 1. The molecule has 0 spiro atoms. The standard InChI is InChI=1S/C20H29N5O2S2/c1-4-6-9-21-19(27)22-17(26)12-28-20-24-23-18(25(20)3)16-11-14-10-13(5-2)7-8-15(14)29-16/h11,13H,4-10,12H2,1-3H3,(H2,21,22,26,27)/t13-/m1/s1. The van der Waals surface area contributed by atoms with Crippen molar-refractivity contribution in [3.63, 3.8) is 0 Å². The van der Waals surface area contributed by atoms with Crippen LogP contribution < -0.4 is 10.6 Å². The van der Waals surface area contributed by atoms with Crippen LogP contribution in [0.3, 0.4) is 0 Å². The maximum absolute atomic E-state index is 12.0. The van der Waals surface area contributed by atoms with Gasteiger partial charge in [0.2, 0.25) is 5.91 Å². The maximum atomic E-state index is 12.0. The summed E-state index contributed by atoms with van der Waals surface area (Å²) in [5, 5.41) is 14.3. The van der Waals surface area contributed by atoms with Crippen LogP contribution in [0.25, 0.3) is 10.7 Å². The Labute approximate surface area is 180 Å². The highest BCUT2D eigenvalue weighted by atomic mass is 32.2. The van der Waals surface area contributed by atoms with E-state index in [2.05, 4.69) is 33.8 Å². The predicted molar refractivity (Wildman–Crippen MR) is 117 cm³/mol. The first-order valence-corrected chi connectivity index (χ1v) is 12.0. The number of carbonyl (C=O) groups excluding carboxylic acids is 2. The SMILES string of the molecule is CCCCNC(=O)NC(=O)CSc1nnc(-c2cc3c(s2)CC[C@@H](CC)C3)n1C. The van der Waals surface area contributed by atoms with Crippen LogP contribution in [0.1, 0.15) is 50.0 Å². The molecule has 2 aromatic rings. The Kier molecular flexibility index (Phi) is 7.71. The minimum atomic E-state index is -0.447. The molecule has 1 aliphatic rings. The Hall–Kier alpha value is -1.87. The number of thiophene rings is 1. The van der Waals surface area contributed by atoms with Crippen LogP contribution in [-0.4, -0.2) is 39.0 Å². The van der Waals surface area contributed by atoms with Gasteiger partial charge in [0.05, 0.1) is 10.6 Å². The van der Waals surface area contributed by atoms with E-state index in [4.69, 9.17) is 0 Å². The number of hydrogen-bond donors (Lipinski definition) is 2. The van der Waals surface area contributed by atoms with Crippen LogP contribution in [0.15, 0.2) is 11.2 Å². The van der Waals surface area contributed by atoms with E-state index in [9.17, 15) is 9.59 Å². The van der Waals surface area contributed by atoms with E-state index < -0.39 is 6.03 Å². The molecule has 0 radical (unpaired) electrons. The monoisotopic (exact) mass is 435 g/mol. The molecule has 2 aromatic heterocycles. The lowest BCUT2D eigenvalue weighted by molar-refractivity contribution is -0.117. The molecule has 0 fully saturated rings. The summed E-state index contributed by atoms with van der Waals surface area (Å²) in [7, 11) is 1.92. The fraction of sp³-hybridized carbons (Fsp3) is 0.600. The number of carbonyl (C=O) groups is 2. The van der Waals surface area contributed by atoms with Gasteiger partial charge in [-0.1, -0.05) is 38.5 Å². The topological polar surface area (TPSA) is 88.9 Å². The smallest absolute Gasteiger partial charge is 0.321 e. The van der Waals surface area contributed by atoms with Crippen molar-refractivity contribution < 1.29 is 9.59 Å². The molecule has 0 unspecified atom stereocenters. The molecule has 9 heteroatoms. The van der Waals surface area contributed by atoms with Gasteiger partial charge in [-0.05, 0) is 43.2 Å². The lowest BCUT2D eigenvalue weighted by Gasteiger charge is -2.19. The lowest BCUT2D eigenvalue weighted by Crippen LogP contribution is -2.40. The number of amides is 3. The molecule has 1 aliphatic carbocycles. The Bertz CT molecular complexity index is 861. The first kappa shape index (κ1) is 21.8. The number of thioether (sulfide) groups is 1. The van der Waals surface area contributed by atoms with Crippen molar-refractivity contribution in [3.8, 4) is 10.7 Å². The second-order valence-electron chi connectivity index (χ2n) is 7.39. The van der Waals surface area contributed by atoms with Crippen molar-refractivity contribution >= 4 is 35.0 Å². The zero-order chi connectivity index (χ0) is 20.8. The fourth-order valence-corrected chi connectivity index (χ4v) is 5.37. The van der Waals surface area contributed by atoms with E-state index in [0.29, 0.717) is 11.7 Å². The quantitative estimate of drug-likeness (QED) is 0.487. The van der Waals surface area contributed by atoms with Crippen molar-refractivity contribution in [2.75, 3.05) is 12.3 Å². The molecule has 1 atom stereocenters. The molecule has 3 amide bonds. The van der Waals surface area contributed by atoms with Gasteiger partial charge in [0.1, 0.15) is 0 Å². The van der Waals surface area contributed by atoms with Gasteiger partial charge in [0, 0.05) is 18.5 Å². The average Bonchev–Trinajstić information content (AvgIpc) is 3.28. The summed E-state index contributed by atoms with van der Waals surface area (Å²) in [4.78, 5) is 26.2. The van der Waals surface area contributed by atoms with E-state index in [1.807, 2.05) is 18.5 Å². The summed E-state index contributed by atoms with van der Waals surface area (Å²) in [5.41, 5.74) is 1.45. The van der Waals surface area contributed by atoms with Gasteiger partial charge in [-0.2, -0.15) is 0 Å². The Morgan fingerprint density at radius 3 is 2.93 bits per heavy atom. The largest absolute Gasteiger partial charge is 0.338 e. The molecule has 3 rings (SSSR count). The summed E-state index contributed by atoms with van der Waals surface area (Å²) in [6.07, 6.45) is 6.69. The normalized spacial score (nSPS) is 15.8. The minimum absolute atomic E-state index is 0.117. The van der Waals surface area contributed by atoms with Crippen LogP contribution >= 0.6 is 23.1 Å². The summed E-state index contributed by atoms with van der Waals surface area (Å²) >= 11 is 3.09. The molecule has 0 aliphatic heterocycles. The minimum Gasteiger partial charge on any atom is -0.338 e. The van der Waals surface area contributed by atoms with E-state index in [-0.39, 0.29) is 11.7 Å². The summed E-state index contributed by atoms with van der Waals surface area (Å²) in [6.45, 7) is 4.88. The highest BCUT2D eigenvalue weighted by Gasteiger charge is 2.22. The Balaban J connectivity index is 1.57. The zero-order valence-corrected chi connectivity index (χ0v) is 18.9. The van der Waals surface area contributed by atoms with Gasteiger partial charge >= 0.3 is 6.03 Å². The summed E-state index contributed by atoms with van der Waals surface area (Å²) in [6, 6.07) is 1.81. The van der Waals surface area contributed by atoms with Crippen LogP contribution in [0.2, 0.25) is 0 Å². The second-order valence-corrected chi connectivity index (χ2v) is 9.47. The number of aryl methyl sites for hydroxylation is 1. The maximum Gasteiger partial charge on any atom is 0.321 e. The van der Waals surface area contributed by atoms with Gasteiger partial charge in [-0.15, -0.1) is 21.5 Å². The molecule has 0 bridgehead atoms. The number of hydrogen-bond acceptors (Lipinski definition) is 6. The third kappa shape index (κ3) is 5.60. The van der Waals surface area contributed by atoms with Crippen LogP contribution in [0.4, 0.5) is 4.79 Å². The molecule has 0 aromatic carbocycles. The van der Waals surface area contributed by atoms with Crippen molar-refractivity contribution in [2.45, 2.75) is 57.5 Å². The lowest BCUT2D eigenvalue weighted by atomic mass is 9.87. The number of urea groups is 1. The van der Waals surface area contributed by atoms with E-state index in [1.54, 1.807) is 11.3 Å². The van der Waals surface area contributed by atoms with Crippen molar-refractivity contribution in [3.05, 3.63) is 16.5 Å². The first-order chi connectivity index (χ1) is 14.0. The Morgan fingerprint density at radius 2 is 2.17 bits per heavy atom. The molecular weight excluding hydrogens is 406 g/mol. The summed E-state index contributed by atoms with van der Waals surface area (Å²) < 4.78 is 1.92. The number of fused-ring (bicyclic) bond motifs is 1. The molecule has 0 saturated heterocycles. The third-order valence-electron chi connectivity index (χ3n) is 5.22. The van der Waals surface area contributed by atoms with Gasteiger partial charge in [0.25, 0.3) is 0 Å². The Morgan fingerprint density at radius 1 is 1.34 bits per heavy atom. The predicted octanol–water partition coefficient (Wildman–Crippen LogP) is 3.78. The van der Waals surface area contributed by atoms with Gasteiger partial charge in [-0.25, -0.2) is 4.79 Å². The van der Waals surface area contributed by atoms with Gasteiger partial charge < -0.3 is 9.88 Å². The molecule has 29 heavy (non-hydrogen) atoms. The van der Waals surface area contributed by atoms with Crippen molar-refractivity contribution in [2.24, 2.45) is 13.0 Å². The second kappa shape index (κ2) is 10.2. The number of aromatic nitrogens is 3. The molecular formula is C20H29N5O2S2. The highest BCUT2D eigenvalue weighted by Crippen LogP contribution is 2.37. The fourth-order valence-electron chi connectivity index (χ4n) is 3.43. The number of nitrogens with zero attached hydrogens (tertiary/aromatic N) is 3. The van der Waals surface area contributed by atoms with Crippen molar-refractivity contribution in [1.82, 2.24) is 25.4 Å². The van der Waals surface area contributed by atoms with Gasteiger partial charge in [-0.3, -0.25) is 10.1 Å². The molecule has 7 nitrogen and oxygen atoms in total. The number of rotatable bonds is 8. The number of unbranched alkanes of at least 4 members (excludes halogenated alkanes) is 1. The van der Waals surface area contributed by atoms with Crippen LogP contribution in [0.5, 0.6) is 0 Å². The van der Waals surface area contributed by atoms with E-state index in [0.717, 1.165) is 42.3 Å². The van der Waals surface area contributed by atoms with Gasteiger partial charge in [0.15, 0.2) is 11.0 Å². The van der Waals surface area contributed by atoms with Crippen LogP contribution in [-0.2, 0) is 24.7 Å². The zero-order valence-electron chi connectivity index (χ0n) is 17.3. The molecule has 0 saturated carbocycles. The number of nitrogens with one attached hydrogen (secondary N) is 2. The van der Waals surface area contributed by atoms with Crippen LogP contribution in [0, 0.1) is 5.92 Å².